The Labute approximate surface area is 140 Å². The standard InChI is InChI=1S/C18H19N5O/c1-13-6-3-4-7-14(13)11-19-18-22-17(12-20-23-18)21-15-8-5-9-16(10-15)24-2/h3-10,12H,11H2,1-2H3,(H2,19,21,22,23). The van der Waals surface area contributed by atoms with E-state index in [-0.39, 0.29) is 0 Å². The summed E-state index contributed by atoms with van der Waals surface area (Å²) in [6.07, 6.45) is 1.58. The largest absolute Gasteiger partial charge is 0.497 e. The lowest BCUT2D eigenvalue weighted by Gasteiger charge is -2.09. The Hall–Kier alpha value is -3.15. The summed E-state index contributed by atoms with van der Waals surface area (Å²) < 4.78 is 5.21. The first-order valence-corrected chi connectivity index (χ1v) is 7.64. The third-order valence-corrected chi connectivity index (χ3v) is 3.60. The van der Waals surface area contributed by atoms with Crippen molar-refractivity contribution in [3.8, 4) is 5.75 Å². The van der Waals surface area contributed by atoms with Crippen molar-refractivity contribution in [2.45, 2.75) is 13.5 Å². The van der Waals surface area contributed by atoms with Crippen LogP contribution in [-0.4, -0.2) is 22.3 Å². The molecule has 3 aromatic rings. The molecule has 0 saturated heterocycles. The summed E-state index contributed by atoms with van der Waals surface area (Å²) in [6.45, 7) is 2.73. The molecule has 2 aromatic carbocycles. The molecule has 0 aliphatic heterocycles. The molecule has 6 heteroatoms. The monoisotopic (exact) mass is 321 g/mol. The average molecular weight is 321 g/mol. The number of nitrogens with zero attached hydrogens (tertiary/aromatic N) is 3. The second-order valence-corrected chi connectivity index (χ2v) is 5.30. The van der Waals surface area contributed by atoms with E-state index in [1.807, 2.05) is 36.4 Å². The first-order chi connectivity index (χ1) is 11.7. The molecule has 0 atom stereocenters. The van der Waals surface area contributed by atoms with Crippen LogP contribution in [0.1, 0.15) is 11.1 Å². The first kappa shape index (κ1) is 15.7. The van der Waals surface area contributed by atoms with Crippen LogP contribution in [0.4, 0.5) is 17.5 Å². The summed E-state index contributed by atoms with van der Waals surface area (Å²) in [4.78, 5) is 4.43. The van der Waals surface area contributed by atoms with Gasteiger partial charge in [0.1, 0.15) is 5.75 Å². The molecule has 0 aliphatic rings. The van der Waals surface area contributed by atoms with Gasteiger partial charge in [0, 0.05) is 18.3 Å². The number of aryl methyl sites for hydroxylation is 1. The van der Waals surface area contributed by atoms with Crippen molar-refractivity contribution in [2.75, 3.05) is 17.7 Å². The van der Waals surface area contributed by atoms with Crippen LogP contribution in [0.25, 0.3) is 0 Å². The summed E-state index contributed by atoms with van der Waals surface area (Å²) in [5.74, 6) is 1.87. The molecule has 6 nitrogen and oxygen atoms in total. The van der Waals surface area contributed by atoms with Crippen LogP contribution >= 0.6 is 0 Å². The second kappa shape index (κ2) is 7.41. The molecule has 122 valence electrons. The van der Waals surface area contributed by atoms with E-state index in [0.717, 1.165) is 11.4 Å². The molecule has 2 N–H and O–H groups in total. The van der Waals surface area contributed by atoms with Crippen molar-refractivity contribution < 1.29 is 4.74 Å². The first-order valence-electron chi connectivity index (χ1n) is 7.64. The van der Waals surface area contributed by atoms with Gasteiger partial charge >= 0.3 is 0 Å². The molecule has 0 radical (unpaired) electrons. The molecule has 3 rings (SSSR count). The maximum absolute atomic E-state index is 5.21. The van der Waals surface area contributed by atoms with Crippen molar-refractivity contribution in [1.82, 2.24) is 15.2 Å². The minimum absolute atomic E-state index is 0.478. The van der Waals surface area contributed by atoms with E-state index >= 15 is 0 Å². The second-order valence-electron chi connectivity index (χ2n) is 5.30. The van der Waals surface area contributed by atoms with Crippen molar-refractivity contribution in [2.24, 2.45) is 0 Å². The molecular weight excluding hydrogens is 302 g/mol. The molecule has 1 aromatic heterocycles. The number of aromatic nitrogens is 3. The Kier molecular flexibility index (Phi) is 4.86. The minimum atomic E-state index is 0.478. The Bertz CT molecular complexity index is 822. The maximum atomic E-state index is 5.21. The van der Waals surface area contributed by atoms with Gasteiger partial charge in [0.2, 0.25) is 5.95 Å². The third-order valence-electron chi connectivity index (χ3n) is 3.60. The van der Waals surface area contributed by atoms with Gasteiger partial charge in [-0.1, -0.05) is 30.3 Å². The lowest BCUT2D eigenvalue weighted by molar-refractivity contribution is 0.415. The number of nitrogens with one attached hydrogen (secondary N) is 2. The highest BCUT2D eigenvalue weighted by Crippen LogP contribution is 2.20. The fraction of sp³-hybridized carbons (Fsp3) is 0.167. The van der Waals surface area contributed by atoms with Gasteiger partial charge in [-0.3, -0.25) is 0 Å². The molecule has 24 heavy (non-hydrogen) atoms. The van der Waals surface area contributed by atoms with Crippen LogP contribution in [0, 0.1) is 6.92 Å². The van der Waals surface area contributed by atoms with Gasteiger partial charge in [0.05, 0.1) is 13.3 Å². The van der Waals surface area contributed by atoms with Gasteiger partial charge in [-0.25, -0.2) is 0 Å². The van der Waals surface area contributed by atoms with Crippen LogP contribution in [-0.2, 0) is 6.54 Å². The van der Waals surface area contributed by atoms with E-state index in [1.54, 1.807) is 13.3 Å². The van der Waals surface area contributed by atoms with Gasteiger partial charge in [0.25, 0.3) is 0 Å². The number of hydrogen-bond donors (Lipinski definition) is 2. The fourth-order valence-corrected chi connectivity index (χ4v) is 2.27. The zero-order valence-corrected chi connectivity index (χ0v) is 13.7. The van der Waals surface area contributed by atoms with Crippen LogP contribution in [0.3, 0.4) is 0 Å². The van der Waals surface area contributed by atoms with Crippen molar-refractivity contribution in [3.05, 3.63) is 65.9 Å². The highest BCUT2D eigenvalue weighted by molar-refractivity contribution is 5.58. The number of hydrogen-bond acceptors (Lipinski definition) is 6. The average Bonchev–Trinajstić information content (AvgIpc) is 2.61. The summed E-state index contributed by atoms with van der Waals surface area (Å²) in [5.41, 5.74) is 3.30. The normalized spacial score (nSPS) is 10.2. The maximum Gasteiger partial charge on any atom is 0.244 e. The summed E-state index contributed by atoms with van der Waals surface area (Å²) in [6, 6.07) is 15.8. The van der Waals surface area contributed by atoms with E-state index in [1.165, 1.54) is 11.1 Å². The van der Waals surface area contributed by atoms with E-state index < -0.39 is 0 Å². The van der Waals surface area contributed by atoms with Gasteiger partial charge in [-0.2, -0.15) is 10.1 Å². The topological polar surface area (TPSA) is 72.0 Å². The minimum Gasteiger partial charge on any atom is -0.497 e. The highest BCUT2D eigenvalue weighted by atomic mass is 16.5. The fourth-order valence-electron chi connectivity index (χ4n) is 2.27. The molecule has 0 unspecified atom stereocenters. The van der Waals surface area contributed by atoms with Gasteiger partial charge in [0.15, 0.2) is 5.82 Å². The highest BCUT2D eigenvalue weighted by Gasteiger charge is 2.03. The van der Waals surface area contributed by atoms with Crippen LogP contribution in [0.2, 0.25) is 0 Å². The lowest BCUT2D eigenvalue weighted by atomic mass is 10.1. The zero-order chi connectivity index (χ0) is 16.8. The molecule has 0 spiro atoms. The molecule has 0 aliphatic carbocycles. The third kappa shape index (κ3) is 3.98. The molecular formula is C18H19N5O. The van der Waals surface area contributed by atoms with Crippen LogP contribution in [0.5, 0.6) is 5.75 Å². The smallest absolute Gasteiger partial charge is 0.244 e. The number of rotatable bonds is 6. The van der Waals surface area contributed by atoms with E-state index in [9.17, 15) is 0 Å². The van der Waals surface area contributed by atoms with Gasteiger partial charge in [-0.05, 0) is 30.2 Å². The van der Waals surface area contributed by atoms with E-state index in [4.69, 9.17) is 4.74 Å². The zero-order valence-electron chi connectivity index (χ0n) is 13.7. The predicted molar refractivity (Wildman–Crippen MR) is 94.6 cm³/mol. The SMILES string of the molecule is COc1cccc(Nc2cnnc(NCc3ccccc3C)n2)c1. The molecule has 1 heterocycles. The van der Waals surface area contributed by atoms with Crippen LogP contribution in [0.15, 0.2) is 54.7 Å². The molecule has 0 amide bonds. The summed E-state index contributed by atoms with van der Waals surface area (Å²) in [5, 5.41) is 14.4. The number of anilines is 3. The predicted octanol–water partition coefficient (Wildman–Crippen LogP) is 3.54. The quantitative estimate of drug-likeness (QED) is 0.723. The Morgan fingerprint density at radius 2 is 1.96 bits per heavy atom. The van der Waals surface area contributed by atoms with Crippen molar-refractivity contribution in [1.29, 1.82) is 0 Å². The Morgan fingerprint density at radius 1 is 1.08 bits per heavy atom. The molecule has 0 saturated carbocycles. The summed E-state index contributed by atoms with van der Waals surface area (Å²) in [7, 11) is 1.64. The van der Waals surface area contributed by atoms with Crippen molar-refractivity contribution >= 4 is 17.5 Å². The van der Waals surface area contributed by atoms with Gasteiger partial charge < -0.3 is 15.4 Å². The lowest BCUT2D eigenvalue weighted by Crippen LogP contribution is -2.07. The van der Waals surface area contributed by atoms with Crippen LogP contribution < -0.4 is 15.4 Å². The number of benzene rings is 2. The number of methoxy groups -OCH3 is 1. The van der Waals surface area contributed by atoms with E-state index in [2.05, 4.69) is 44.9 Å². The Morgan fingerprint density at radius 3 is 2.79 bits per heavy atom. The Balaban J connectivity index is 1.68. The molecule has 0 bridgehead atoms. The van der Waals surface area contributed by atoms with Gasteiger partial charge in [-0.15, -0.1) is 5.10 Å². The summed E-state index contributed by atoms with van der Waals surface area (Å²) >= 11 is 0. The molecule has 0 fully saturated rings. The van der Waals surface area contributed by atoms with E-state index in [0.29, 0.717) is 18.3 Å². The number of ether oxygens (including phenoxy) is 1. The van der Waals surface area contributed by atoms with Crippen molar-refractivity contribution in [3.63, 3.8) is 0 Å².